The van der Waals surface area contributed by atoms with Crippen molar-refractivity contribution >= 4 is 46.4 Å². The second kappa shape index (κ2) is 5.46. The molecule has 0 aliphatic rings. The van der Waals surface area contributed by atoms with Crippen molar-refractivity contribution in [2.75, 3.05) is 6.61 Å². The van der Waals surface area contributed by atoms with Gasteiger partial charge in [-0.25, -0.2) is 0 Å². The smallest absolute Gasteiger partial charge is 0.141 e. The first-order valence-electron chi connectivity index (χ1n) is 4.07. The van der Waals surface area contributed by atoms with Crippen molar-refractivity contribution in [1.82, 2.24) is 0 Å². The Morgan fingerprint density at radius 1 is 1.20 bits per heavy atom. The Morgan fingerprint density at radius 2 is 1.80 bits per heavy atom. The summed E-state index contributed by atoms with van der Waals surface area (Å²) in [5.74, 6) is 0.303. The molecule has 1 N–H and O–H groups in total. The Labute approximate surface area is 108 Å². The number of ether oxygens (including phenoxy) is 1. The number of aliphatic hydroxyl groups excluding tert-OH is 1. The van der Waals surface area contributed by atoms with Gasteiger partial charge in [0.1, 0.15) is 17.4 Å². The molecule has 0 spiro atoms. The van der Waals surface area contributed by atoms with Crippen LogP contribution in [0.5, 0.6) is 5.75 Å². The van der Waals surface area contributed by atoms with Crippen LogP contribution in [-0.4, -0.2) is 17.8 Å². The number of rotatable bonds is 3. The van der Waals surface area contributed by atoms with Gasteiger partial charge in [0.25, 0.3) is 0 Å². The number of aliphatic hydroxyl groups is 1. The van der Waals surface area contributed by atoms with Gasteiger partial charge in [-0.05, 0) is 6.92 Å². The van der Waals surface area contributed by atoms with Crippen LogP contribution in [0.3, 0.4) is 0 Å². The third-order valence-corrected chi connectivity index (χ3v) is 3.28. The van der Waals surface area contributed by atoms with Gasteiger partial charge in [-0.3, -0.25) is 0 Å². The lowest BCUT2D eigenvalue weighted by atomic mass is 10.3. The maximum absolute atomic E-state index is 9.04. The molecule has 0 amide bonds. The molecular weight excluding hydrogens is 282 g/mol. The molecule has 2 nitrogen and oxygen atoms in total. The molecule has 15 heavy (non-hydrogen) atoms. The van der Waals surface area contributed by atoms with Gasteiger partial charge < -0.3 is 9.84 Å². The fourth-order valence-electron chi connectivity index (χ4n) is 0.867. The highest BCUT2D eigenvalue weighted by Crippen LogP contribution is 2.41. The predicted molar refractivity (Wildman–Crippen MR) is 63.7 cm³/mol. The van der Waals surface area contributed by atoms with E-state index in [1.165, 1.54) is 6.07 Å². The van der Waals surface area contributed by atoms with E-state index in [1.54, 1.807) is 6.92 Å². The van der Waals surface area contributed by atoms with Gasteiger partial charge in [-0.1, -0.05) is 46.4 Å². The second-order valence-electron chi connectivity index (χ2n) is 2.96. The highest BCUT2D eigenvalue weighted by molar-refractivity contribution is 6.52. The van der Waals surface area contributed by atoms with Crippen LogP contribution in [0, 0.1) is 0 Å². The number of hydrogen-bond acceptors (Lipinski definition) is 2. The van der Waals surface area contributed by atoms with Crippen LogP contribution < -0.4 is 4.74 Å². The summed E-state index contributed by atoms with van der Waals surface area (Å²) in [7, 11) is 0. The van der Waals surface area contributed by atoms with Crippen molar-refractivity contribution < 1.29 is 9.84 Å². The van der Waals surface area contributed by atoms with Crippen LogP contribution in [0.25, 0.3) is 0 Å². The van der Waals surface area contributed by atoms with Crippen LogP contribution in [0.1, 0.15) is 6.92 Å². The summed E-state index contributed by atoms with van der Waals surface area (Å²) in [5, 5.41) is 9.81. The summed E-state index contributed by atoms with van der Waals surface area (Å²) >= 11 is 23.2. The van der Waals surface area contributed by atoms with Gasteiger partial charge in [0.05, 0.1) is 21.2 Å². The average Bonchev–Trinajstić information content (AvgIpc) is 2.18. The molecule has 0 heterocycles. The number of halogens is 4. The predicted octanol–water partition coefficient (Wildman–Crippen LogP) is 4.06. The Bertz CT molecular complexity index is 366. The third-order valence-electron chi connectivity index (χ3n) is 1.55. The van der Waals surface area contributed by atoms with E-state index in [-0.39, 0.29) is 26.7 Å². The summed E-state index contributed by atoms with van der Waals surface area (Å²) in [6, 6.07) is 1.46. The monoisotopic (exact) mass is 288 g/mol. The van der Waals surface area contributed by atoms with E-state index in [2.05, 4.69) is 0 Å². The summed E-state index contributed by atoms with van der Waals surface area (Å²) in [4.78, 5) is 0. The van der Waals surface area contributed by atoms with E-state index in [0.29, 0.717) is 5.75 Å². The van der Waals surface area contributed by atoms with E-state index in [1.807, 2.05) is 0 Å². The van der Waals surface area contributed by atoms with E-state index in [4.69, 9.17) is 56.2 Å². The molecule has 6 heteroatoms. The van der Waals surface area contributed by atoms with Crippen LogP contribution >= 0.6 is 46.4 Å². The topological polar surface area (TPSA) is 29.5 Å². The Hall–Kier alpha value is 0.140. The number of hydrogen-bond donors (Lipinski definition) is 1. The van der Waals surface area contributed by atoms with E-state index in [0.717, 1.165) is 0 Å². The summed E-state index contributed by atoms with van der Waals surface area (Å²) in [6.07, 6.45) is -0.603. The molecule has 0 saturated heterocycles. The maximum Gasteiger partial charge on any atom is 0.141 e. The minimum absolute atomic E-state index is 0.105. The lowest BCUT2D eigenvalue weighted by Crippen LogP contribution is -2.13. The molecule has 84 valence electrons. The van der Waals surface area contributed by atoms with Crippen LogP contribution in [0.15, 0.2) is 6.07 Å². The first kappa shape index (κ1) is 13.2. The van der Waals surface area contributed by atoms with Crippen molar-refractivity contribution in [3.63, 3.8) is 0 Å². The summed E-state index contributed by atoms with van der Waals surface area (Å²) in [6.45, 7) is 1.70. The maximum atomic E-state index is 9.04. The molecule has 0 fully saturated rings. The zero-order valence-electron chi connectivity index (χ0n) is 7.73. The minimum atomic E-state index is -0.603. The molecule has 1 atom stereocenters. The summed E-state index contributed by atoms with van der Waals surface area (Å²) < 4.78 is 5.21. The normalized spacial score (nSPS) is 12.7. The fourth-order valence-corrected chi connectivity index (χ4v) is 1.70. The van der Waals surface area contributed by atoms with Gasteiger partial charge in [0.15, 0.2) is 0 Å². The van der Waals surface area contributed by atoms with Crippen molar-refractivity contribution in [3.05, 3.63) is 26.2 Å². The molecule has 0 aromatic heterocycles. The molecular formula is C9H8Cl4O2. The average molecular weight is 290 g/mol. The first-order valence-corrected chi connectivity index (χ1v) is 5.58. The highest BCUT2D eigenvalue weighted by atomic mass is 35.5. The molecule has 1 unspecified atom stereocenters. The molecule has 0 aliphatic carbocycles. The first-order chi connectivity index (χ1) is 6.93. The van der Waals surface area contributed by atoms with Crippen LogP contribution in [-0.2, 0) is 0 Å². The standard InChI is InChI=1S/C9H8Cl4O2/c1-4(14)3-15-6-2-5(10)7(11)9(13)8(6)12/h2,4,14H,3H2,1H3. The Balaban J connectivity index is 2.99. The molecule has 0 radical (unpaired) electrons. The van der Waals surface area contributed by atoms with Gasteiger partial charge in [-0.15, -0.1) is 0 Å². The molecule has 0 aliphatic heterocycles. The van der Waals surface area contributed by atoms with Gasteiger partial charge in [0.2, 0.25) is 0 Å². The fraction of sp³-hybridized carbons (Fsp3) is 0.333. The third kappa shape index (κ3) is 3.30. The van der Waals surface area contributed by atoms with Gasteiger partial charge in [-0.2, -0.15) is 0 Å². The lowest BCUT2D eigenvalue weighted by Gasteiger charge is -2.12. The second-order valence-corrected chi connectivity index (χ2v) is 4.50. The van der Waals surface area contributed by atoms with Crippen molar-refractivity contribution in [2.45, 2.75) is 13.0 Å². The largest absolute Gasteiger partial charge is 0.489 e. The zero-order valence-corrected chi connectivity index (χ0v) is 10.8. The molecule has 1 aromatic rings. The molecule has 0 bridgehead atoms. The SMILES string of the molecule is CC(O)COc1cc(Cl)c(Cl)c(Cl)c1Cl. The van der Waals surface area contributed by atoms with Crippen LogP contribution in [0.2, 0.25) is 20.1 Å². The Morgan fingerprint density at radius 3 is 2.33 bits per heavy atom. The minimum Gasteiger partial charge on any atom is -0.489 e. The quantitative estimate of drug-likeness (QED) is 0.672. The van der Waals surface area contributed by atoms with E-state index in [9.17, 15) is 0 Å². The van der Waals surface area contributed by atoms with Crippen LogP contribution in [0.4, 0.5) is 0 Å². The molecule has 0 saturated carbocycles. The lowest BCUT2D eigenvalue weighted by molar-refractivity contribution is 0.123. The zero-order chi connectivity index (χ0) is 11.6. The Kier molecular flexibility index (Phi) is 4.81. The van der Waals surface area contributed by atoms with Gasteiger partial charge >= 0.3 is 0 Å². The highest BCUT2D eigenvalue weighted by Gasteiger charge is 2.14. The van der Waals surface area contributed by atoms with Crippen molar-refractivity contribution in [1.29, 1.82) is 0 Å². The summed E-state index contributed by atoms with van der Waals surface area (Å²) in [5.41, 5.74) is 0. The molecule has 1 aromatic carbocycles. The van der Waals surface area contributed by atoms with Crippen molar-refractivity contribution in [2.24, 2.45) is 0 Å². The van der Waals surface area contributed by atoms with Gasteiger partial charge in [0, 0.05) is 6.07 Å². The van der Waals surface area contributed by atoms with Crippen molar-refractivity contribution in [3.8, 4) is 5.75 Å². The van der Waals surface area contributed by atoms with E-state index >= 15 is 0 Å². The molecule has 1 rings (SSSR count). The number of benzene rings is 1. The van der Waals surface area contributed by atoms with E-state index < -0.39 is 6.10 Å².